The van der Waals surface area contributed by atoms with Crippen LogP contribution in [0, 0.1) is 0 Å². The molecule has 21 heavy (non-hydrogen) atoms. The first-order valence-corrected chi connectivity index (χ1v) is 7.46. The summed E-state index contributed by atoms with van der Waals surface area (Å²) < 4.78 is 5.17. The van der Waals surface area contributed by atoms with E-state index in [2.05, 4.69) is 10.6 Å². The van der Waals surface area contributed by atoms with Crippen LogP contribution in [0.15, 0.2) is 22.8 Å². The van der Waals surface area contributed by atoms with Crippen molar-refractivity contribution >= 4 is 29.5 Å². The summed E-state index contributed by atoms with van der Waals surface area (Å²) in [5.41, 5.74) is 0. The molecule has 0 spiro atoms. The molecular weight excluding hydrogens is 296 g/mol. The van der Waals surface area contributed by atoms with E-state index in [0.29, 0.717) is 5.76 Å². The molecule has 0 aliphatic heterocycles. The first-order chi connectivity index (χ1) is 9.90. The van der Waals surface area contributed by atoms with Crippen molar-refractivity contribution < 1.29 is 23.9 Å². The van der Waals surface area contributed by atoms with Crippen LogP contribution in [0.3, 0.4) is 0 Å². The minimum atomic E-state index is -1.12. The molecule has 2 unspecified atom stereocenters. The zero-order chi connectivity index (χ0) is 15.8. The third-order valence-electron chi connectivity index (χ3n) is 2.54. The number of amides is 2. The van der Waals surface area contributed by atoms with Gasteiger partial charge in [0.2, 0.25) is 11.8 Å². The Balaban J connectivity index is 2.32. The summed E-state index contributed by atoms with van der Waals surface area (Å²) in [5, 5.41) is 14.0. The maximum atomic E-state index is 11.7. The van der Waals surface area contributed by atoms with Gasteiger partial charge in [-0.05, 0) is 19.1 Å². The molecule has 1 rings (SSSR count). The number of aliphatic carboxylic acids is 1. The van der Waals surface area contributed by atoms with Crippen LogP contribution in [0.2, 0.25) is 0 Å². The maximum Gasteiger partial charge on any atom is 0.327 e. The van der Waals surface area contributed by atoms with Gasteiger partial charge >= 0.3 is 5.97 Å². The average Bonchev–Trinajstić information content (AvgIpc) is 2.90. The van der Waals surface area contributed by atoms with Gasteiger partial charge in [-0.1, -0.05) is 0 Å². The first-order valence-electron chi connectivity index (χ1n) is 6.30. The van der Waals surface area contributed by atoms with Crippen molar-refractivity contribution in [2.75, 3.05) is 11.5 Å². The van der Waals surface area contributed by atoms with Crippen LogP contribution in [0.1, 0.15) is 25.6 Å². The van der Waals surface area contributed by atoms with Gasteiger partial charge in [-0.2, -0.15) is 0 Å². The summed E-state index contributed by atoms with van der Waals surface area (Å²) in [6.07, 6.45) is 1.53. The van der Waals surface area contributed by atoms with Crippen LogP contribution in [-0.2, 0) is 14.4 Å². The smallest absolute Gasteiger partial charge is 0.327 e. The van der Waals surface area contributed by atoms with Crippen LogP contribution in [0.4, 0.5) is 0 Å². The molecule has 0 saturated carbocycles. The van der Waals surface area contributed by atoms with Gasteiger partial charge in [0.25, 0.3) is 0 Å². The summed E-state index contributed by atoms with van der Waals surface area (Å²) in [7, 11) is 0. The van der Waals surface area contributed by atoms with Gasteiger partial charge in [-0.3, -0.25) is 9.59 Å². The molecule has 0 aliphatic carbocycles. The average molecular weight is 314 g/mol. The Morgan fingerprint density at radius 2 is 2.10 bits per heavy atom. The SMILES string of the molecule is CC(=O)NC(CSCC(=O)NC(C)c1ccco1)C(=O)O. The predicted octanol–water partition coefficient (Wildman–Crippen LogP) is 0.779. The third kappa shape index (κ3) is 6.35. The normalized spacial score (nSPS) is 13.2. The highest BCUT2D eigenvalue weighted by Crippen LogP contribution is 2.12. The lowest BCUT2D eigenvalue weighted by Gasteiger charge is -2.14. The number of carbonyl (C=O) groups is 3. The number of thioether (sulfide) groups is 1. The summed E-state index contributed by atoms with van der Waals surface area (Å²) in [5.74, 6) is -0.891. The number of hydrogen-bond donors (Lipinski definition) is 3. The van der Waals surface area contributed by atoms with E-state index in [1.54, 1.807) is 19.1 Å². The van der Waals surface area contributed by atoms with E-state index < -0.39 is 17.9 Å². The van der Waals surface area contributed by atoms with Gasteiger partial charge in [0.1, 0.15) is 11.8 Å². The third-order valence-corrected chi connectivity index (χ3v) is 3.58. The number of carbonyl (C=O) groups excluding carboxylic acids is 2. The molecule has 0 saturated heterocycles. The van der Waals surface area contributed by atoms with E-state index in [9.17, 15) is 14.4 Å². The Hall–Kier alpha value is -1.96. The number of nitrogens with one attached hydrogen (secondary N) is 2. The van der Waals surface area contributed by atoms with Crippen molar-refractivity contribution in [3.8, 4) is 0 Å². The Bertz CT molecular complexity index is 489. The fourth-order valence-electron chi connectivity index (χ4n) is 1.58. The molecule has 3 N–H and O–H groups in total. The minimum absolute atomic E-state index is 0.106. The molecular formula is C13H18N2O5S. The van der Waals surface area contributed by atoms with Crippen LogP contribution in [0.5, 0.6) is 0 Å². The van der Waals surface area contributed by atoms with Gasteiger partial charge in [0, 0.05) is 12.7 Å². The summed E-state index contributed by atoms with van der Waals surface area (Å²) >= 11 is 1.14. The van der Waals surface area contributed by atoms with Crippen molar-refractivity contribution in [1.29, 1.82) is 0 Å². The maximum absolute atomic E-state index is 11.7. The second-order valence-electron chi connectivity index (χ2n) is 4.41. The van der Waals surface area contributed by atoms with E-state index in [1.165, 1.54) is 13.2 Å². The van der Waals surface area contributed by atoms with E-state index in [-0.39, 0.29) is 23.5 Å². The lowest BCUT2D eigenvalue weighted by molar-refractivity contribution is -0.140. The molecule has 2 amide bonds. The van der Waals surface area contributed by atoms with E-state index in [4.69, 9.17) is 9.52 Å². The molecule has 0 bridgehead atoms. The molecule has 0 aromatic carbocycles. The number of rotatable bonds is 8. The van der Waals surface area contributed by atoms with Gasteiger partial charge in [0.05, 0.1) is 18.1 Å². The van der Waals surface area contributed by atoms with Gasteiger partial charge in [-0.25, -0.2) is 4.79 Å². The molecule has 2 atom stereocenters. The van der Waals surface area contributed by atoms with Gasteiger partial charge in [-0.15, -0.1) is 11.8 Å². The first kappa shape index (κ1) is 17.1. The van der Waals surface area contributed by atoms with Crippen molar-refractivity contribution in [3.05, 3.63) is 24.2 Å². The van der Waals surface area contributed by atoms with Crippen molar-refractivity contribution in [3.63, 3.8) is 0 Å². The molecule has 116 valence electrons. The highest BCUT2D eigenvalue weighted by molar-refractivity contribution is 8.00. The number of hydrogen-bond acceptors (Lipinski definition) is 5. The molecule has 0 fully saturated rings. The molecule has 1 heterocycles. The fraction of sp³-hybridized carbons (Fsp3) is 0.462. The van der Waals surface area contributed by atoms with Crippen molar-refractivity contribution in [2.24, 2.45) is 0 Å². The van der Waals surface area contributed by atoms with Crippen LogP contribution < -0.4 is 10.6 Å². The van der Waals surface area contributed by atoms with Gasteiger partial charge < -0.3 is 20.2 Å². The Kier molecular flexibility index (Phi) is 6.80. The molecule has 0 radical (unpaired) electrons. The lowest BCUT2D eigenvalue weighted by Crippen LogP contribution is -2.41. The second kappa shape index (κ2) is 8.35. The molecule has 1 aromatic rings. The Morgan fingerprint density at radius 3 is 2.62 bits per heavy atom. The topological polar surface area (TPSA) is 109 Å². The predicted molar refractivity (Wildman–Crippen MR) is 77.8 cm³/mol. The molecule has 1 aromatic heterocycles. The van der Waals surface area contributed by atoms with Crippen LogP contribution in [0.25, 0.3) is 0 Å². The highest BCUT2D eigenvalue weighted by Gasteiger charge is 2.19. The van der Waals surface area contributed by atoms with E-state index in [1.807, 2.05) is 0 Å². The highest BCUT2D eigenvalue weighted by atomic mass is 32.2. The zero-order valence-electron chi connectivity index (χ0n) is 11.8. The summed E-state index contributed by atoms with van der Waals surface area (Å²) in [4.78, 5) is 33.5. The fourth-order valence-corrected chi connectivity index (χ4v) is 2.43. The van der Waals surface area contributed by atoms with Gasteiger partial charge in [0.15, 0.2) is 0 Å². The largest absolute Gasteiger partial charge is 0.480 e. The Labute approximate surface area is 126 Å². The summed E-state index contributed by atoms with van der Waals surface area (Å²) in [6.45, 7) is 3.04. The van der Waals surface area contributed by atoms with Crippen molar-refractivity contribution in [1.82, 2.24) is 10.6 Å². The number of carboxylic acids is 1. The molecule has 7 nitrogen and oxygen atoms in total. The monoisotopic (exact) mass is 314 g/mol. The van der Waals surface area contributed by atoms with Crippen LogP contribution >= 0.6 is 11.8 Å². The van der Waals surface area contributed by atoms with Crippen molar-refractivity contribution in [2.45, 2.75) is 25.9 Å². The second-order valence-corrected chi connectivity index (χ2v) is 5.44. The lowest BCUT2D eigenvalue weighted by atomic mass is 10.2. The zero-order valence-corrected chi connectivity index (χ0v) is 12.6. The van der Waals surface area contributed by atoms with E-state index >= 15 is 0 Å². The van der Waals surface area contributed by atoms with E-state index in [0.717, 1.165) is 11.8 Å². The molecule has 0 aliphatic rings. The minimum Gasteiger partial charge on any atom is -0.480 e. The standard InChI is InChI=1S/C13H18N2O5S/c1-8(11-4-3-5-20-11)14-12(17)7-21-6-10(13(18)19)15-9(2)16/h3-5,8,10H,6-7H2,1-2H3,(H,14,17)(H,15,16)(H,18,19). The number of furan rings is 1. The van der Waals surface area contributed by atoms with Crippen LogP contribution in [-0.4, -0.2) is 40.4 Å². The molecule has 8 heteroatoms. The number of carboxylic acid groups (broad SMARTS) is 1. The Morgan fingerprint density at radius 1 is 1.38 bits per heavy atom. The summed E-state index contributed by atoms with van der Waals surface area (Å²) in [6, 6.07) is 2.24. The quantitative estimate of drug-likeness (QED) is 0.654.